The number of ether oxygens (including phenoxy) is 2. The molecule has 1 heterocycles. The molecule has 4 fully saturated rings. The molecule has 3 saturated carbocycles. The van der Waals surface area contributed by atoms with Crippen molar-refractivity contribution in [3.8, 4) is 0 Å². The molecular weight excluding hydrogens is 562 g/mol. The molecule has 0 amide bonds. The third-order valence-corrected chi connectivity index (χ3v) is 16.1. The molecule has 0 aromatic carbocycles. The molecule has 258 valence electrons. The van der Waals surface area contributed by atoms with E-state index in [1.54, 1.807) is 0 Å². The molecule has 0 aromatic heterocycles. The van der Waals surface area contributed by atoms with E-state index in [0.29, 0.717) is 36.9 Å². The second-order valence-corrected chi connectivity index (χ2v) is 19.1. The average Bonchev–Trinajstić information content (AvgIpc) is 2.93. The molecule has 0 unspecified atom stereocenters. The van der Waals surface area contributed by atoms with Gasteiger partial charge in [0.05, 0.1) is 31.3 Å². The van der Waals surface area contributed by atoms with E-state index in [9.17, 15) is 9.90 Å². The van der Waals surface area contributed by atoms with Crippen molar-refractivity contribution in [2.75, 3.05) is 13.2 Å². The molecule has 7 nitrogen and oxygen atoms in total. The fourth-order valence-corrected chi connectivity index (χ4v) is 11.9. The number of nitrogens with two attached hydrogens (primary N) is 2. The lowest BCUT2D eigenvalue weighted by atomic mass is 9.33. The quantitative estimate of drug-likeness (QED) is 0.137. The van der Waals surface area contributed by atoms with Crippen molar-refractivity contribution in [3.63, 3.8) is 0 Å². The summed E-state index contributed by atoms with van der Waals surface area (Å²) in [7, 11) is 0. The topological polar surface area (TPSA) is 120 Å². The number of hydrogen-bond donors (Lipinski definition) is 4. The summed E-state index contributed by atoms with van der Waals surface area (Å²) >= 11 is 0. The zero-order valence-electron chi connectivity index (χ0n) is 30.7. The van der Waals surface area contributed by atoms with Crippen LogP contribution >= 0.6 is 0 Å². The first-order valence-corrected chi connectivity index (χ1v) is 18.0. The third kappa shape index (κ3) is 4.70. The zero-order chi connectivity index (χ0) is 33.8. The first-order valence-electron chi connectivity index (χ1n) is 18.0. The smallest absolute Gasteiger partial charge is 0.307 e. The molecule has 7 heteroatoms. The molecule has 1 aliphatic heterocycles. The number of allylic oxidation sites excluding steroid dienone is 1. The van der Waals surface area contributed by atoms with Crippen LogP contribution < -0.4 is 17.0 Å². The van der Waals surface area contributed by atoms with Gasteiger partial charge in [0.1, 0.15) is 0 Å². The molecule has 2 bridgehead atoms. The molecule has 5 rings (SSSR count). The third-order valence-electron chi connectivity index (χ3n) is 16.1. The standard InChI is InChI=1S/C38H67N3O4/c1-22(2)23(3)33(8)17-18-35(10)25-13-14-28-34(9)20-44-24(4)38(28,26(25)15-16-36(35,11)29(33)31(42)43)19-27(41-40)30(34)45-21-37(12,39)32(5,6)7/h15,22-25,27-30,41H,13-14,16-21,39-40H2,1-12H3,(H,42,43)/t23-,24+,25+,27-,28+,29-,30+,33-,34-,35-,36+,37+,38+/m1/s1. The number of fused-ring (bicyclic) bond motifs is 3. The van der Waals surface area contributed by atoms with Gasteiger partial charge >= 0.3 is 5.97 Å². The van der Waals surface area contributed by atoms with Crippen LogP contribution in [0.15, 0.2) is 11.6 Å². The molecule has 1 saturated heterocycles. The molecule has 45 heavy (non-hydrogen) atoms. The summed E-state index contributed by atoms with van der Waals surface area (Å²) in [6, 6.07) is -0.0394. The van der Waals surface area contributed by atoms with Gasteiger partial charge < -0.3 is 20.3 Å². The number of carbonyl (C=O) groups is 1. The SMILES string of the molecule is CC(C)[C@@H](C)[C@@]1(C)CC[C@]2(C)[C@H]3CC[C@H]4[C@@]5(C)CO[C@@H](C)[C@@]4(C[C@@H](NN)[C@@H]5OC[C@](C)(N)C(C)(C)C)C3=CC[C@@]2(C)[C@@H]1C(=O)O. The number of aliphatic carboxylic acids is 1. The second kappa shape index (κ2) is 11.0. The van der Waals surface area contributed by atoms with E-state index in [4.69, 9.17) is 21.1 Å². The van der Waals surface area contributed by atoms with Crippen LogP contribution in [-0.4, -0.2) is 48.1 Å². The largest absolute Gasteiger partial charge is 0.481 e. The van der Waals surface area contributed by atoms with Crippen LogP contribution in [-0.2, 0) is 14.3 Å². The van der Waals surface area contributed by atoms with Crippen molar-refractivity contribution in [2.24, 2.45) is 73.7 Å². The molecule has 6 N–H and O–H groups in total. The van der Waals surface area contributed by atoms with E-state index in [2.05, 4.69) is 94.6 Å². The molecular formula is C38H67N3O4. The Kier molecular flexibility index (Phi) is 8.65. The lowest BCUT2D eigenvalue weighted by Crippen LogP contribution is -2.74. The van der Waals surface area contributed by atoms with Gasteiger partial charge in [0.2, 0.25) is 0 Å². The molecule has 5 aliphatic rings. The zero-order valence-corrected chi connectivity index (χ0v) is 30.7. The van der Waals surface area contributed by atoms with Gasteiger partial charge in [-0.05, 0) is 97.7 Å². The Hall–Kier alpha value is -0.990. The van der Waals surface area contributed by atoms with Gasteiger partial charge in [-0.25, -0.2) is 0 Å². The Balaban J connectivity index is 1.57. The summed E-state index contributed by atoms with van der Waals surface area (Å²) < 4.78 is 13.7. The maximum atomic E-state index is 13.4. The number of rotatable bonds is 7. The van der Waals surface area contributed by atoms with Crippen molar-refractivity contribution in [1.29, 1.82) is 0 Å². The van der Waals surface area contributed by atoms with Crippen molar-refractivity contribution < 1.29 is 19.4 Å². The summed E-state index contributed by atoms with van der Waals surface area (Å²) in [6.45, 7) is 28.2. The van der Waals surface area contributed by atoms with Crippen molar-refractivity contribution in [3.05, 3.63) is 11.6 Å². The number of carboxylic acid groups (broad SMARTS) is 1. The van der Waals surface area contributed by atoms with Crippen LogP contribution in [0.2, 0.25) is 0 Å². The Morgan fingerprint density at radius 2 is 1.76 bits per heavy atom. The Bertz CT molecular complexity index is 1190. The van der Waals surface area contributed by atoms with Gasteiger partial charge in [0.15, 0.2) is 0 Å². The van der Waals surface area contributed by atoms with Crippen molar-refractivity contribution in [1.82, 2.24) is 5.43 Å². The Labute approximate surface area is 274 Å². The molecule has 0 aromatic rings. The van der Waals surface area contributed by atoms with Crippen molar-refractivity contribution in [2.45, 2.75) is 145 Å². The summed E-state index contributed by atoms with van der Waals surface area (Å²) in [6.07, 6.45) is 8.27. The number of carboxylic acids is 1. The highest BCUT2D eigenvalue weighted by molar-refractivity contribution is 5.73. The minimum Gasteiger partial charge on any atom is -0.481 e. The van der Waals surface area contributed by atoms with Crippen LogP contribution in [0.3, 0.4) is 0 Å². The number of hydrogen-bond acceptors (Lipinski definition) is 6. The predicted octanol–water partition coefficient (Wildman–Crippen LogP) is 6.94. The summed E-state index contributed by atoms with van der Waals surface area (Å²) in [4.78, 5) is 13.4. The van der Waals surface area contributed by atoms with E-state index in [1.165, 1.54) is 5.57 Å². The van der Waals surface area contributed by atoms with Crippen molar-refractivity contribution >= 4 is 5.97 Å². The average molecular weight is 630 g/mol. The Morgan fingerprint density at radius 3 is 2.31 bits per heavy atom. The van der Waals surface area contributed by atoms with E-state index in [0.717, 1.165) is 38.5 Å². The van der Waals surface area contributed by atoms with E-state index in [-0.39, 0.29) is 50.7 Å². The second-order valence-electron chi connectivity index (χ2n) is 19.1. The fraction of sp³-hybridized carbons (Fsp3) is 0.921. The summed E-state index contributed by atoms with van der Waals surface area (Å²) in [5, 5.41) is 11.0. The summed E-state index contributed by atoms with van der Waals surface area (Å²) in [5.41, 5.74) is 9.88. The van der Waals surface area contributed by atoms with E-state index in [1.807, 2.05) is 0 Å². The summed E-state index contributed by atoms with van der Waals surface area (Å²) in [5.74, 6) is 6.88. The lowest BCUT2D eigenvalue weighted by molar-refractivity contribution is -0.268. The van der Waals surface area contributed by atoms with E-state index >= 15 is 0 Å². The van der Waals surface area contributed by atoms with Gasteiger partial charge in [-0.1, -0.05) is 80.9 Å². The highest BCUT2D eigenvalue weighted by Gasteiger charge is 2.73. The van der Waals surface area contributed by atoms with Crippen LogP contribution in [0.5, 0.6) is 0 Å². The first kappa shape index (κ1) is 35.3. The first-order chi connectivity index (χ1) is 20.6. The Morgan fingerprint density at radius 1 is 1.11 bits per heavy atom. The fourth-order valence-electron chi connectivity index (χ4n) is 11.9. The van der Waals surface area contributed by atoms with Gasteiger partial charge in [-0.15, -0.1) is 0 Å². The van der Waals surface area contributed by atoms with Crippen LogP contribution in [0.4, 0.5) is 0 Å². The predicted molar refractivity (Wildman–Crippen MR) is 181 cm³/mol. The normalized spacial score (nSPS) is 48.4. The van der Waals surface area contributed by atoms with Gasteiger partial charge in [0, 0.05) is 22.4 Å². The highest BCUT2D eigenvalue weighted by atomic mass is 16.5. The molecule has 0 radical (unpaired) electrons. The highest BCUT2D eigenvalue weighted by Crippen LogP contribution is 2.75. The van der Waals surface area contributed by atoms with Crippen LogP contribution in [0.25, 0.3) is 0 Å². The van der Waals surface area contributed by atoms with Gasteiger partial charge in [-0.3, -0.25) is 16.1 Å². The lowest BCUT2D eigenvalue weighted by Gasteiger charge is -2.72. The maximum absolute atomic E-state index is 13.4. The minimum atomic E-state index is -0.615. The molecule has 13 atom stereocenters. The monoisotopic (exact) mass is 630 g/mol. The van der Waals surface area contributed by atoms with Gasteiger partial charge in [0.25, 0.3) is 0 Å². The maximum Gasteiger partial charge on any atom is 0.307 e. The van der Waals surface area contributed by atoms with Gasteiger partial charge in [-0.2, -0.15) is 0 Å². The molecule has 4 aliphatic carbocycles. The van der Waals surface area contributed by atoms with Crippen LogP contribution in [0.1, 0.15) is 122 Å². The van der Waals surface area contributed by atoms with E-state index < -0.39 is 17.4 Å². The molecule has 0 spiro atoms. The minimum absolute atomic E-state index is 0.0394. The number of nitrogens with one attached hydrogen (secondary N) is 1. The number of hydrazine groups is 1. The van der Waals surface area contributed by atoms with Crippen LogP contribution in [0, 0.1) is 62.1 Å².